The normalized spacial score (nSPS) is 9.95. The minimum atomic E-state index is -0.437. The fraction of sp³-hybridized carbons (Fsp3) is 0.125. The molecule has 2 aromatic rings. The summed E-state index contributed by atoms with van der Waals surface area (Å²) in [7, 11) is 1.49. The maximum atomic E-state index is 12.1. The summed E-state index contributed by atoms with van der Waals surface area (Å²) in [4.78, 5) is 24.1. The van der Waals surface area contributed by atoms with E-state index in [9.17, 15) is 9.59 Å². The van der Waals surface area contributed by atoms with Crippen LogP contribution in [0.4, 0.5) is 0 Å². The Bertz CT molecular complexity index is 716. The van der Waals surface area contributed by atoms with E-state index in [4.69, 9.17) is 4.74 Å². The number of hydrazine groups is 1. The van der Waals surface area contributed by atoms with E-state index < -0.39 is 5.91 Å². The number of para-hydroxylation sites is 1. The van der Waals surface area contributed by atoms with Crippen LogP contribution in [-0.4, -0.2) is 18.9 Å². The van der Waals surface area contributed by atoms with E-state index in [0.717, 1.165) is 9.13 Å². The number of carbonyl (C=O) groups is 2. The average Bonchev–Trinajstić information content (AvgIpc) is 2.54. The fourth-order valence-electron chi connectivity index (χ4n) is 1.82. The first-order valence-electron chi connectivity index (χ1n) is 6.52. The summed E-state index contributed by atoms with van der Waals surface area (Å²) in [6, 6.07) is 12.1. The van der Waals surface area contributed by atoms with Crippen molar-refractivity contribution in [2.75, 3.05) is 7.11 Å². The molecule has 2 N–H and O–H groups in total. The van der Waals surface area contributed by atoms with E-state index in [1.807, 2.05) is 13.0 Å². The van der Waals surface area contributed by atoms with Gasteiger partial charge in [-0.25, -0.2) is 0 Å². The highest BCUT2D eigenvalue weighted by Gasteiger charge is 2.13. The van der Waals surface area contributed by atoms with Crippen molar-refractivity contribution < 1.29 is 14.3 Å². The molecule has 22 heavy (non-hydrogen) atoms. The summed E-state index contributed by atoms with van der Waals surface area (Å²) in [5.41, 5.74) is 6.71. The SMILES string of the molecule is COc1ccccc1C(=O)NNC(=O)c1ccc(C)c(I)c1. The molecule has 5 nitrogen and oxygen atoms in total. The molecule has 0 radical (unpaired) electrons. The largest absolute Gasteiger partial charge is 0.496 e. The number of methoxy groups -OCH3 is 1. The van der Waals surface area contributed by atoms with Crippen molar-refractivity contribution >= 4 is 34.4 Å². The Kier molecular flexibility index (Phi) is 5.37. The number of halogens is 1. The molecule has 0 aromatic heterocycles. The van der Waals surface area contributed by atoms with Crippen LogP contribution in [0.1, 0.15) is 26.3 Å². The molecule has 2 rings (SSSR count). The monoisotopic (exact) mass is 410 g/mol. The lowest BCUT2D eigenvalue weighted by atomic mass is 10.1. The molecule has 0 aliphatic heterocycles. The minimum Gasteiger partial charge on any atom is -0.496 e. The quantitative estimate of drug-likeness (QED) is 0.604. The predicted molar refractivity (Wildman–Crippen MR) is 91.8 cm³/mol. The number of hydrogen-bond donors (Lipinski definition) is 2. The van der Waals surface area contributed by atoms with E-state index in [-0.39, 0.29) is 5.91 Å². The van der Waals surface area contributed by atoms with Crippen LogP contribution >= 0.6 is 22.6 Å². The first-order chi connectivity index (χ1) is 10.5. The van der Waals surface area contributed by atoms with E-state index >= 15 is 0 Å². The van der Waals surface area contributed by atoms with Crippen LogP contribution in [0.2, 0.25) is 0 Å². The molecule has 0 atom stereocenters. The van der Waals surface area contributed by atoms with Crippen molar-refractivity contribution in [2.24, 2.45) is 0 Å². The predicted octanol–water partition coefficient (Wildman–Crippen LogP) is 2.68. The summed E-state index contributed by atoms with van der Waals surface area (Å²) >= 11 is 2.16. The second kappa shape index (κ2) is 7.26. The summed E-state index contributed by atoms with van der Waals surface area (Å²) in [6.07, 6.45) is 0. The average molecular weight is 410 g/mol. The molecule has 0 aliphatic carbocycles. The second-order valence-electron chi connectivity index (χ2n) is 4.57. The summed E-state index contributed by atoms with van der Waals surface area (Å²) in [5, 5.41) is 0. The van der Waals surface area contributed by atoms with Gasteiger partial charge in [-0.1, -0.05) is 18.2 Å². The van der Waals surface area contributed by atoms with Crippen LogP contribution in [0.15, 0.2) is 42.5 Å². The van der Waals surface area contributed by atoms with Crippen molar-refractivity contribution in [3.8, 4) is 5.75 Å². The number of aryl methyl sites for hydroxylation is 1. The molecule has 0 fully saturated rings. The number of ether oxygens (including phenoxy) is 1. The molecule has 2 amide bonds. The zero-order valence-electron chi connectivity index (χ0n) is 12.1. The van der Waals surface area contributed by atoms with Crippen LogP contribution in [0.3, 0.4) is 0 Å². The van der Waals surface area contributed by atoms with E-state index in [1.54, 1.807) is 36.4 Å². The van der Waals surface area contributed by atoms with Gasteiger partial charge in [0.25, 0.3) is 11.8 Å². The molecular formula is C16H15IN2O3. The second-order valence-corrected chi connectivity index (χ2v) is 5.73. The maximum Gasteiger partial charge on any atom is 0.273 e. The van der Waals surface area contributed by atoms with Gasteiger partial charge in [0.2, 0.25) is 0 Å². The maximum absolute atomic E-state index is 12.1. The van der Waals surface area contributed by atoms with Crippen LogP contribution in [0.5, 0.6) is 5.75 Å². The van der Waals surface area contributed by atoms with Gasteiger partial charge in [0.05, 0.1) is 12.7 Å². The van der Waals surface area contributed by atoms with Crippen molar-refractivity contribution in [3.63, 3.8) is 0 Å². The smallest absolute Gasteiger partial charge is 0.273 e. The number of carbonyl (C=O) groups excluding carboxylic acids is 2. The number of hydrogen-bond acceptors (Lipinski definition) is 3. The molecule has 0 heterocycles. The Morgan fingerprint density at radius 1 is 1.05 bits per heavy atom. The van der Waals surface area contributed by atoms with Crippen LogP contribution in [0.25, 0.3) is 0 Å². The molecule has 6 heteroatoms. The lowest BCUT2D eigenvalue weighted by Gasteiger charge is -2.10. The lowest BCUT2D eigenvalue weighted by molar-refractivity contribution is 0.0845. The highest BCUT2D eigenvalue weighted by Crippen LogP contribution is 2.16. The third-order valence-corrected chi connectivity index (χ3v) is 4.24. The van der Waals surface area contributed by atoms with E-state index in [0.29, 0.717) is 16.9 Å². The first-order valence-corrected chi connectivity index (χ1v) is 7.60. The molecular weight excluding hydrogens is 395 g/mol. The Labute approximate surface area is 142 Å². The highest BCUT2D eigenvalue weighted by molar-refractivity contribution is 14.1. The molecule has 0 aliphatic rings. The standard InChI is InChI=1S/C16H15IN2O3/c1-10-7-8-11(9-13(10)17)15(20)18-19-16(21)12-5-3-4-6-14(12)22-2/h3-9H,1-2H3,(H,18,20)(H,19,21). The number of benzene rings is 2. The molecule has 0 spiro atoms. The Morgan fingerprint density at radius 3 is 2.41 bits per heavy atom. The van der Waals surface area contributed by atoms with Gasteiger partial charge in [0.1, 0.15) is 5.75 Å². The first kappa shape index (κ1) is 16.3. The lowest BCUT2D eigenvalue weighted by Crippen LogP contribution is -2.41. The van der Waals surface area contributed by atoms with Gasteiger partial charge < -0.3 is 4.74 Å². The van der Waals surface area contributed by atoms with Gasteiger partial charge in [-0.3, -0.25) is 20.4 Å². The highest BCUT2D eigenvalue weighted by atomic mass is 127. The Morgan fingerprint density at radius 2 is 1.73 bits per heavy atom. The zero-order valence-corrected chi connectivity index (χ0v) is 14.3. The van der Waals surface area contributed by atoms with E-state index in [2.05, 4.69) is 33.4 Å². The van der Waals surface area contributed by atoms with Crippen LogP contribution in [-0.2, 0) is 0 Å². The summed E-state index contributed by atoms with van der Waals surface area (Å²) in [5.74, 6) is -0.368. The number of amides is 2. The molecule has 114 valence electrons. The molecule has 0 unspecified atom stereocenters. The summed E-state index contributed by atoms with van der Waals surface area (Å²) in [6.45, 7) is 1.97. The molecule has 2 aromatic carbocycles. The van der Waals surface area contributed by atoms with Crippen molar-refractivity contribution in [2.45, 2.75) is 6.92 Å². The van der Waals surface area contributed by atoms with Crippen molar-refractivity contribution in [1.82, 2.24) is 10.9 Å². The minimum absolute atomic E-state index is 0.351. The van der Waals surface area contributed by atoms with Gasteiger partial charge in [-0.2, -0.15) is 0 Å². The molecule has 0 bridgehead atoms. The van der Waals surface area contributed by atoms with Crippen LogP contribution < -0.4 is 15.6 Å². The van der Waals surface area contributed by atoms with E-state index in [1.165, 1.54) is 7.11 Å². The summed E-state index contributed by atoms with van der Waals surface area (Å²) < 4.78 is 6.10. The van der Waals surface area contributed by atoms with Gasteiger partial charge in [0, 0.05) is 9.13 Å². The van der Waals surface area contributed by atoms with Gasteiger partial charge >= 0.3 is 0 Å². The van der Waals surface area contributed by atoms with Crippen LogP contribution in [0, 0.1) is 10.5 Å². The molecule has 0 saturated heterocycles. The number of nitrogens with one attached hydrogen (secondary N) is 2. The van der Waals surface area contributed by atoms with Gasteiger partial charge in [0.15, 0.2) is 0 Å². The zero-order chi connectivity index (χ0) is 16.1. The number of rotatable bonds is 3. The fourth-order valence-corrected chi connectivity index (χ4v) is 2.33. The third kappa shape index (κ3) is 3.76. The van der Waals surface area contributed by atoms with Crippen molar-refractivity contribution in [3.05, 3.63) is 62.7 Å². The Hall–Kier alpha value is -2.09. The Balaban J connectivity index is 2.04. The van der Waals surface area contributed by atoms with Crippen molar-refractivity contribution in [1.29, 1.82) is 0 Å². The topological polar surface area (TPSA) is 67.4 Å². The third-order valence-electron chi connectivity index (χ3n) is 3.08. The van der Waals surface area contributed by atoms with Gasteiger partial charge in [-0.05, 0) is 59.3 Å². The van der Waals surface area contributed by atoms with Gasteiger partial charge in [-0.15, -0.1) is 0 Å². The molecule has 0 saturated carbocycles.